The zero-order valence-electron chi connectivity index (χ0n) is 10.5. The van der Waals surface area contributed by atoms with E-state index in [1.807, 2.05) is 0 Å². The van der Waals surface area contributed by atoms with E-state index in [1.165, 1.54) is 13.3 Å². The highest BCUT2D eigenvalue weighted by Crippen LogP contribution is 2.30. The van der Waals surface area contributed by atoms with E-state index in [1.54, 1.807) is 43.3 Å². The number of rotatable bonds is 2. The van der Waals surface area contributed by atoms with Crippen molar-refractivity contribution in [3.8, 4) is 5.75 Å². The van der Waals surface area contributed by atoms with Crippen LogP contribution in [0, 0.1) is 5.21 Å². The lowest BCUT2D eigenvalue weighted by Gasteiger charge is -2.38. The summed E-state index contributed by atoms with van der Waals surface area (Å²) in [5, 5.41) is 12.8. The number of hydrogen-bond donors (Lipinski definition) is 0. The fourth-order valence-corrected chi connectivity index (χ4v) is 2.68. The lowest BCUT2D eigenvalue weighted by molar-refractivity contribution is 0.414. The molecule has 100 valence electrons. The summed E-state index contributed by atoms with van der Waals surface area (Å²) >= 11 is 0. The largest absolute Gasteiger partial charge is 0.616 e. The van der Waals surface area contributed by atoms with Crippen molar-refractivity contribution in [1.82, 2.24) is 4.65 Å². The zero-order valence-corrected chi connectivity index (χ0v) is 11.3. The molecule has 0 saturated carbocycles. The second-order valence-corrected chi connectivity index (χ2v) is 4.94. The molecule has 19 heavy (non-hydrogen) atoms. The smallest absolute Gasteiger partial charge is 0.277 e. The van der Waals surface area contributed by atoms with Crippen LogP contribution >= 0.6 is 0 Å². The lowest BCUT2D eigenvalue weighted by Crippen LogP contribution is -2.46. The summed E-state index contributed by atoms with van der Waals surface area (Å²) in [6.07, 6.45) is 4.45. The third-order valence-electron chi connectivity index (χ3n) is 2.90. The van der Waals surface area contributed by atoms with Gasteiger partial charge in [-0.25, -0.2) is 0 Å². The quantitative estimate of drug-likeness (QED) is 0.471. The fraction of sp³-hybridized carbons (Fsp3) is 0.154. The van der Waals surface area contributed by atoms with Gasteiger partial charge in [-0.05, 0) is 31.2 Å². The minimum Gasteiger partial charge on any atom is -0.616 e. The normalized spacial score (nSPS) is 22.1. The Morgan fingerprint density at radius 1 is 1.21 bits per heavy atom. The number of ether oxygens (including phenoxy) is 1. The maximum atomic E-state index is 12.8. The highest BCUT2D eigenvalue weighted by molar-refractivity contribution is 7.73. The second-order valence-electron chi connectivity index (χ2n) is 4.09. The monoisotopic (exact) mass is 279 g/mol. The molecule has 1 atom stereocenters. The van der Waals surface area contributed by atoms with E-state index in [0.717, 1.165) is 0 Å². The summed E-state index contributed by atoms with van der Waals surface area (Å²) in [6, 6.07) is 6.36. The highest BCUT2D eigenvalue weighted by Gasteiger charge is 2.31. The lowest BCUT2D eigenvalue weighted by atomic mass is 10.1. The molecular weight excluding hydrogens is 266 g/mol. The van der Waals surface area contributed by atoms with Crippen LogP contribution in [0.2, 0.25) is 0 Å². The second kappa shape index (κ2) is 5.00. The van der Waals surface area contributed by atoms with Crippen molar-refractivity contribution in [2.75, 3.05) is 7.11 Å². The molecule has 0 bridgehead atoms. The Morgan fingerprint density at radius 2 is 1.84 bits per heavy atom. The Hall–Kier alpha value is -1.89. The van der Waals surface area contributed by atoms with Crippen molar-refractivity contribution in [3.63, 3.8) is 0 Å². The number of quaternary nitrogens is 1. The predicted molar refractivity (Wildman–Crippen MR) is 75.0 cm³/mol. The molecule has 0 N–H and O–H groups in total. The number of methoxy groups -OCH3 is 1. The van der Waals surface area contributed by atoms with Crippen molar-refractivity contribution in [3.05, 3.63) is 53.4 Å². The Bertz CT molecular complexity index is 678. The molecule has 1 aromatic rings. The summed E-state index contributed by atoms with van der Waals surface area (Å²) in [4.78, 5) is -0.201. The molecule has 1 heterocycles. The third kappa shape index (κ3) is 2.33. The van der Waals surface area contributed by atoms with Crippen LogP contribution in [0.4, 0.5) is 5.69 Å². The molecular formula is C13H13NO4S. The van der Waals surface area contributed by atoms with Crippen molar-refractivity contribution in [1.29, 1.82) is 0 Å². The van der Waals surface area contributed by atoms with Crippen LogP contribution < -0.4 is 9.38 Å². The van der Waals surface area contributed by atoms with Gasteiger partial charge in [0.15, 0.2) is 0 Å². The van der Waals surface area contributed by atoms with Crippen molar-refractivity contribution in [2.45, 2.75) is 6.92 Å². The zero-order chi connectivity index (χ0) is 14.0. The van der Waals surface area contributed by atoms with Gasteiger partial charge < -0.3 is 9.94 Å². The van der Waals surface area contributed by atoms with Crippen LogP contribution in [0.3, 0.4) is 0 Å². The first kappa shape index (κ1) is 13.5. The van der Waals surface area contributed by atoms with Crippen LogP contribution in [0.15, 0.2) is 48.2 Å². The Labute approximate surface area is 112 Å². The molecule has 0 saturated heterocycles. The summed E-state index contributed by atoms with van der Waals surface area (Å²) in [5.74, 6) is 0.605. The molecule has 1 unspecified atom stereocenters. The van der Waals surface area contributed by atoms with Crippen LogP contribution in [-0.4, -0.2) is 20.5 Å². The van der Waals surface area contributed by atoms with Crippen molar-refractivity contribution >= 4 is 21.0 Å². The van der Waals surface area contributed by atoms with E-state index in [9.17, 15) is 13.6 Å². The number of allylic oxidation sites excluding steroid dienone is 2. The minimum absolute atomic E-state index is 0.201. The maximum Gasteiger partial charge on any atom is 0.277 e. The first-order chi connectivity index (χ1) is 8.99. The SMILES string of the molecule is COc1ccc([N+]2([O-])C=CC=C(C)C2=S(=O)=O)cc1. The van der Waals surface area contributed by atoms with Gasteiger partial charge in [0.25, 0.3) is 15.3 Å². The molecule has 0 fully saturated rings. The molecule has 1 aliphatic rings. The van der Waals surface area contributed by atoms with Crippen molar-refractivity contribution < 1.29 is 13.2 Å². The molecule has 6 heteroatoms. The molecule has 1 aromatic carbocycles. The number of benzene rings is 1. The Kier molecular flexibility index (Phi) is 3.57. The highest BCUT2D eigenvalue weighted by atomic mass is 32.2. The number of hydrogen-bond acceptors (Lipinski definition) is 4. The Balaban J connectivity index is 2.61. The molecule has 2 rings (SSSR count). The van der Waals surface area contributed by atoms with E-state index in [-0.39, 0.29) is 4.99 Å². The third-order valence-corrected chi connectivity index (χ3v) is 3.80. The average molecular weight is 279 g/mol. The fourth-order valence-electron chi connectivity index (χ4n) is 1.96. The number of hydroxylamine groups is 2. The van der Waals surface area contributed by atoms with Gasteiger partial charge in [0.2, 0.25) is 0 Å². The van der Waals surface area contributed by atoms with E-state index in [0.29, 0.717) is 17.0 Å². The first-order valence-corrected chi connectivity index (χ1v) is 6.64. The Morgan fingerprint density at radius 3 is 2.37 bits per heavy atom. The van der Waals surface area contributed by atoms with Gasteiger partial charge in [-0.2, -0.15) is 8.42 Å². The molecule has 0 spiro atoms. The van der Waals surface area contributed by atoms with E-state index in [4.69, 9.17) is 4.74 Å². The molecule has 0 amide bonds. The molecule has 5 nitrogen and oxygen atoms in total. The summed E-state index contributed by atoms with van der Waals surface area (Å²) in [6.45, 7) is 1.60. The predicted octanol–water partition coefficient (Wildman–Crippen LogP) is 1.98. The van der Waals surface area contributed by atoms with Gasteiger partial charge in [0, 0.05) is 17.7 Å². The van der Waals surface area contributed by atoms with Crippen LogP contribution in [0.1, 0.15) is 6.92 Å². The first-order valence-electron chi connectivity index (χ1n) is 5.56. The number of nitrogens with zero attached hydrogens (tertiary/aromatic N) is 1. The van der Waals surface area contributed by atoms with Gasteiger partial charge in [-0.1, -0.05) is 0 Å². The van der Waals surface area contributed by atoms with Gasteiger partial charge in [0.05, 0.1) is 7.11 Å². The average Bonchev–Trinajstić information content (AvgIpc) is 2.38. The van der Waals surface area contributed by atoms with Crippen LogP contribution in [-0.2, 0) is 10.3 Å². The van der Waals surface area contributed by atoms with Gasteiger partial charge in [-0.3, -0.25) is 4.65 Å². The molecule has 0 aromatic heterocycles. The van der Waals surface area contributed by atoms with Gasteiger partial charge in [-0.15, -0.1) is 0 Å². The topological polar surface area (TPSA) is 66.4 Å². The van der Waals surface area contributed by atoms with Crippen LogP contribution in [0.5, 0.6) is 5.75 Å². The minimum atomic E-state index is -2.58. The summed E-state index contributed by atoms with van der Waals surface area (Å²) in [5.41, 5.74) is 0.741. The van der Waals surface area contributed by atoms with Crippen LogP contribution in [0.25, 0.3) is 0 Å². The van der Waals surface area contributed by atoms with Crippen molar-refractivity contribution in [2.24, 2.45) is 0 Å². The van der Waals surface area contributed by atoms with Gasteiger partial charge >= 0.3 is 0 Å². The summed E-state index contributed by atoms with van der Waals surface area (Å²) < 4.78 is 26.5. The maximum absolute atomic E-state index is 12.8. The standard InChI is InChI=1S/C13H13NO4S/c1-10-4-3-9-14(15,13(10)19(16)17)11-5-7-12(18-2)8-6-11/h3-9H,1-2H3. The van der Waals surface area contributed by atoms with E-state index in [2.05, 4.69) is 0 Å². The molecule has 0 radical (unpaired) electrons. The van der Waals surface area contributed by atoms with E-state index >= 15 is 0 Å². The van der Waals surface area contributed by atoms with Gasteiger partial charge in [0.1, 0.15) is 17.6 Å². The molecule has 0 aliphatic carbocycles. The molecule has 1 aliphatic heterocycles. The van der Waals surface area contributed by atoms with E-state index < -0.39 is 14.9 Å². The summed E-state index contributed by atoms with van der Waals surface area (Å²) in [7, 11) is -1.06.